The Morgan fingerprint density at radius 1 is 1.00 bits per heavy atom. The van der Waals surface area contributed by atoms with Gasteiger partial charge >= 0.3 is 0 Å². The van der Waals surface area contributed by atoms with E-state index in [0.29, 0.717) is 17.9 Å². The monoisotopic (exact) mass is 261 g/mol. The van der Waals surface area contributed by atoms with Crippen LogP contribution < -0.4 is 10.5 Å². The van der Waals surface area contributed by atoms with Crippen molar-refractivity contribution >= 4 is 0 Å². The van der Waals surface area contributed by atoms with Gasteiger partial charge in [0.25, 0.3) is 0 Å². The van der Waals surface area contributed by atoms with E-state index < -0.39 is 0 Å². The highest BCUT2D eigenvalue weighted by atomic mass is 19.1. The van der Waals surface area contributed by atoms with Crippen LogP contribution in [0, 0.1) is 5.82 Å². The summed E-state index contributed by atoms with van der Waals surface area (Å²) in [7, 11) is 0. The fourth-order valence-electron chi connectivity index (χ4n) is 1.73. The van der Waals surface area contributed by atoms with Gasteiger partial charge in [0.15, 0.2) is 0 Å². The Morgan fingerprint density at radius 3 is 2.32 bits per heavy atom. The topological polar surface area (TPSA) is 55.5 Å². The van der Waals surface area contributed by atoms with Crippen molar-refractivity contribution < 1.29 is 14.2 Å². The summed E-state index contributed by atoms with van der Waals surface area (Å²) in [4.78, 5) is 0. The van der Waals surface area contributed by atoms with E-state index in [1.807, 2.05) is 24.3 Å². The predicted octanol–water partition coefficient (Wildman–Crippen LogP) is 2.36. The van der Waals surface area contributed by atoms with Gasteiger partial charge < -0.3 is 15.6 Å². The number of aliphatic hydroxyl groups is 1. The molecule has 3 N–H and O–H groups in total. The molecule has 0 fully saturated rings. The number of rotatable bonds is 5. The zero-order chi connectivity index (χ0) is 13.7. The molecule has 0 spiro atoms. The molecule has 100 valence electrons. The van der Waals surface area contributed by atoms with E-state index in [0.717, 1.165) is 11.1 Å². The molecular weight excluding hydrogens is 245 g/mol. The Labute approximate surface area is 111 Å². The fourth-order valence-corrected chi connectivity index (χ4v) is 1.73. The standard InChI is InChI=1S/C15H16FNO2/c16-14-5-13(8-17)6-15(7-14)19-10-12-3-1-11(9-18)2-4-12/h1-7,18H,8-10,17H2. The van der Waals surface area contributed by atoms with Gasteiger partial charge in [0.1, 0.15) is 18.2 Å². The molecule has 2 aromatic rings. The van der Waals surface area contributed by atoms with Crippen LogP contribution in [-0.2, 0) is 19.8 Å². The van der Waals surface area contributed by atoms with Crippen LogP contribution in [0.4, 0.5) is 4.39 Å². The number of halogens is 1. The van der Waals surface area contributed by atoms with E-state index in [1.54, 1.807) is 6.07 Å². The zero-order valence-corrected chi connectivity index (χ0v) is 10.5. The molecule has 0 unspecified atom stereocenters. The van der Waals surface area contributed by atoms with Crippen molar-refractivity contribution in [3.05, 3.63) is 65.0 Å². The maximum atomic E-state index is 13.3. The van der Waals surface area contributed by atoms with Crippen molar-refractivity contribution in [2.75, 3.05) is 0 Å². The van der Waals surface area contributed by atoms with Gasteiger partial charge in [0.2, 0.25) is 0 Å². The Bertz CT molecular complexity index is 540. The molecule has 0 aliphatic heterocycles. The van der Waals surface area contributed by atoms with Crippen LogP contribution >= 0.6 is 0 Å². The summed E-state index contributed by atoms with van der Waals surface area (Å²) in [5.74, 6) is 0.111. The van der Waals surface area contributed by atoms with E-state index in [9.17, 15) is 4.39 Å². The molecule has 0 bridgehead atoms. The summed E-state index contributed by atoms with van der Waals surface area (Å²) < 4.78 is 18.8. The number of hydrogen-bond acceptors (Lipinski definition) is 3. The molecule has 0 radical (unpaired) electrons. The lowest BCUT2D eigenvalue weighted by Gasteiger charge is -2.08. The average Bonchev–Trinajstić information content (AvgIpc) is 2.45. The number of nitrogens with two attached hydrogens (primary N) is 1. The highest BCUT2D eigenvalue weighted by Gasteiger charge is 2.02. The Balaban J connectivity index is 2.03. The second-order valence-corrected chi connectivity index (χ2v) is 4.26. The number of aliphatic hydroxyl groups excluding tert-OH is 1. The predicted molar refractivity (Wildman–Crippen MR) is 71.0 cm³/mol. The molecule has 0 saturated heterocycles. The second kappa shape index (κ2) is 6.31. The molecule has 0 amide bonds. The van der Waals surface area contributed by atoms with Gasteiger partial charge in [-0.25, -0.2) is 4.39 Å². The first-order valence-electron chi connectivity index (χ1n) is 6.02. The third-order valence-electron chi connectivity index (χ3n) is 2.78. The van der Waals surface area contributed by atoms with E-state index in [4.69, 9.17) is 15.6 Å². The molecule has 19 heavy (non-hydrogen) atoms. The third kappa shape index (κ3) is 3.77. The summed E-state index contributed by atoms with van der Waals surface area (Å²) >= 11 is 0. The van der Waals surface area contributed by atoms with Gasteiger partial charge in [0.05, 0.1) is 6.61 Å². The van der Waals surface area contributed by atoms with E-state index >= 15 is 0 Å². The quantitative estimate of drug-likeness (QED) is 0.868. The zero-order valence-electron chi connectivity index (χ0n) is 10.5. The molecule has 0 atom stereocenters. The van der Waals surface area contributed by atoms with Crippen molar-refractivity contribution in [2.45, 2.75) is 19.8 Å². The van der Waals surface area contributed by atoms with Gasteiger partial charge in [-0.2, -0.15) is 0 Å². The summed E-state index contributed by atoms with van der Waals surface area (Å²) in [6.45, 7) is 0.642. The lowest BCUT2D eigenvalue weighted by Crippen LogP contribution is -2.00. The molecule has 0 aromatic heterocycles. The highest BCUT2D eigenvalue weighted by Crippen LogP contribution is 2.17. The lowest BCUT2D eigenvalue weighted by atomic mass is 10.1. The van der Waals surface area contributed by atoms with Gasteiger partial charge in [-0.15, -0.1) is 0 Å². The van der Waals surface area contributed by atoms with Crippen molar-refractivity contribution in [3.63, 3.8) is 0 Å². The minimum Gasteiger partial charge on any atom is -0.489 e. The molecule has 2 rings (SSSR count). The van der Waals surface area contributed by atoms with Crippen LogP contribution in [0.15, 0.2) is 42.5 Å². The fraction of sp³-hybridized carbons (Fsp3) is 0.200. The molecule has 4 heteroatoms. The van der Waals surface area contributed by atoms with E-state index in [-0.39, 0.29) is 19.0 Å². The second-order valence-electron chi connectivity index (χ2n) is 4.26. The average molecular weight is 261 g/mol. The van der Waals surface area contributed by atoms with E-state index in [1.165, 1.54) is 12.1 Å². The molecule has 0 heterocycles. The maximum absolute atomic E-state index is 13.3. The first kappa shape index (κ1) is 13.5. The van der Waals surface area contributed by atoms with Gasteiger partial charge in [0, 0.05) is 12.6 Å². The molecule has 0 saturated carbocycles. The van der Waals surface area contributed by atoms with Crippen LogP contribution in [0.5, 0.6) is 5.75 Å². The molecular formula is C15H16FNO2. The largest absolute Gasteiger partial charge is 0.489 e. The number of benzene rings is 2. The lowest BCUT2D eigenvalue weighted by molar-refractivity contribution is 0.281. The van der Waals surface area contributed by atoms with Gasteiger partial charge in [-0.05, 0) is 28.8 Å². The SMILES string of the molecule is NCc1cc(F)cc(OCc2ccc(CO)cc2)c1. The van der Waals surface area contributed by atoms with Gasteiger partial charge in [-0.1, -0.05) is 24.3 Å². The molecule has 0 aliphatic carbocycles. The molecule has 0 aliphatic rings. The minimum atomic E-state index is -0.353. The summed E-state index contributed by atoms with van der Waals surface area (Å²) in [6.07, 6.45) is 0. The summed E-state index contributed by atoms with van der Waals surface area (Å²) in [6, 6.07) is 11.9. The normalized spacial score (nSPS) is 10.5. The number of ether oxygens (including phenoxy) is 1. The maximum Gasteiger partial charge on any atom is 0.127 e. The Hall–Kier alpha value is -1.91. The number of hydrogen-bond donors (Lipinski definition) is 2. The van der Waals surface area contributed by atoms with Crippen molar-refractivity contribution in [1.82, 2.24) is 0 Å². The van der Waals surface area contributed by atoms with E-state index in [2.05, 4.69) is 0 Å². The van der Waals surface area contributed by atoms with Crippen molar-refractivity contribution in [1.29, 1.82) is 0 Å². The minimum absolute atomic E-state index is 0.0187. The molecule has 3 nitrogen and oxygen atoms in total. The first-order chi connectivity index (χ1) is 9.21. The van der Waals surface area contributed by atoms with Crippen LogP contribution in [0.1, 0.15) is 16.7 Å². The first-order valence-corrected chi connectivity index (χ1v) is 6.02. The van der Waals surface area contributed by atoms with Crippen molar-refractivity contribution in [2.24, 2.45) is 5.73 Å². The summed E-state index contributed by atoms with van der Waals surface area (Å²) in [5.41, 5.74) is 7.98. The third-order valence-corrected chi connectivity index (χ3v) is 2.78. The smallest absolute Gasteiger partial charge is 0.127 e. The van der Waals surface area contributed by atoms with Crippen LogP contribution in [-0.4, -0.2) is 5.11 Å². The summed E-state index contributed by atoms with van der Waals surface area (Å²) in [5, 5.41) is 8.94. The Morgan fingerprint density at radius 2 is 1.68 bits per heavy atom. The van der Waals surface area contributed by atoms with Crippen LogP contribution in [0.2, 0.25) is 0 Å². The Kier molecular flexibility index (Phi) is 4.49. The van der Waals surface area contributed by atoms with Gasteiger partial charge in [-0.3, -0.25) is 0 Å². The molecule has 2 aromatic carbocycles. The van der Waals surface area contributed by atoms with Crippen LogP contribution in [0.3, 0.4) is 0 Å². The van der Waals surface area contributed by atoms with Crippen molar-refractivity contribution in [3.8, 4) is 5.75 Å². The van der Waals surface area contributed by atoms with Crippen LogP contribution in [0.25, 0.3) is 0 Å². The highest BCUT2D eigenvalue weighted by molar-refractivity contribution is 5.30.